The van der Waals surface area contributed by atoms with Crippen molar-refractivity contribution >= 4 is 48.3 Å². The summed E-state index contributed by atoms with van der Waals surface area (Å²) < 4.78 is 0. The van der Waals surface area contributed by atoms with E-state index in [4.69, 9.17) is 0 Å². The minimum atomic E-state index is -0.0157. The molecule has 0 unspecified atom stereocenters. The highest BCUT2D eigenvalue weighted by Gasteiger charge is 2.30. The van der Waals surface area contributed by atoms with Crippen LogP contribution in [0.15, 0.2) is 30.6 Å². The molecule has 0 saturated carbocycles. The van der Waals surface area contributed by atoms with Crippen molar-refractivity contribution in [3.05, 3.63) is 47.3 Å². The summed E-state index contributed by atoms with van der Waals surface area (Å²) >= 11 is 0. The van der Waals surface area contributed by atoms with Crippen LogP contribution in [0, 0.1) is 13.8 Å². The number of carbonyl (C=O) groups excluding carboxylic acids is 2. The van der Waals surface area contributed by atoms with Crippen LogP contribution in [0.3, 0.4) is 0 Å². The summed E-state index contributed by atoms with van der Waals surface area (Å²) in [4.78, 5) is 39.7. The molecule has 2 aromatic rings. The van der Waals surface area contributed by atoms with Gasteiger partial charge in [0.1, 0.15) is 11.6 Å². The number of piperazine rings is 1. The van der Waals surface area contributed by atoms with Crippen molar-refractivity contribution in [2.24, 2.45) is 0 Å². The maximum atomic E-state index is 12.9. The van der Waals surface area contributed by atoms with E-state index in [0.717, 1.165) is 36.5 Å². The average Bonchev–Trinajstić information content (AvgIpc) is 3.06. The molecule has 0 radical (unpaired) electrons. The fraction of sp³-hybridized carbons (Fsp3) is 0.455. The Balaban J connectivity index is 0.00000171. The third-order valence-corrected chi connectivity index (χ3v) is 5.78. The van der Waals surface area contributed by atoms with Crippen LogP contribution in [-0.2, 0) is 4.79 Å². The van der Waals surface area contributed by atoms with Crippen molar-refractivity contribution in [2.75, 3.05) is 36.0 Å². The maximum Gasteiger partial charge on any atom is 0.255 e. The van der Waals surface area contributed by atoms with Gasteiger partial charge in [-0.05, 0) is 50.5 Å². The molecule has 0 aromatic carbocycles. The fourth-order valence-corrected chi connectivity index (χ4v) is 4.18. The highest BCUT2D eigenvalue weighted by Crippen LogP contribution is 2.25. The second-order valence-corrected chi connectivity index (χ2v) is 7.99. The molecule has 168 valence electrons. The first kappa shape index (κ1) is 24.9. The Bertz CT molecular complexity index is 930. The second kappa shape index (κ2) is 10.3. The molecular formula is C22H29Cl2N5O2. The van der Waals surface area contributed by atoms with Crippen LogP contribution in [-0.4, -0.2) is 58.9 Å². The lowest BCUT2D eigenvalue weighted by Gasteiger charge is -2.36. The summed E-state index contributed by atoms with van der Waals surface area (Å²) in [7, 11) is 0. The predicted molar refractivity (Wildman–Crippen MR) is 127 cm³/mol. The number of pyridine rings is 2. The molecule has 31 heavy (non-hydrogen) atoms. The molecule has 4 heterocycles. The van der Waals surface area contributed by atoms with Gasteiger partial charge in [0.2, 0.25) is 5.91 Å². The van der Waals surface area contributed by atoms with E-state index in [-0.39, 0.29) is 42.7 Å². The number of halogens is 2. The van der Waals surface area contributed by atoms with Crippen LogP contribution in [0.2, 0.25) is 0 Å². The Morgan fingerprint density at radius 3 is 2.29 bits per heavy atom. The van der Waals surface area contributed by atoms with Crippen molar-refractivity contribution in [3.8, 4) is 0 Å². The molecule has 0 spiro atoms. The lowest BCUT2D eigenvalue weighted by Crippen LogP contribution is -2.49. The third-order valence-electron chi connectivity index (χ3n) is 5.78. The number of aryl methyl sites for hydroxylation is 2. The SMILES string of the molecule is Cc1cnc(N2CCN(C(=O)c3ccc(N4C(=O)CC[C@@H]4C)nc3)CC2)c(C)c1.Cl.Cl. The van der Waals surface area contributed by atoms with E-state index in [1.807, 2.05) is 24.9 Å². The Hall–Kier alpha value is -2.38. The standard InChI is InChI=1S/C22H27N5O2.2ClH/c1-15-12-16(2)21(24-13-15)25-8-10-26(11-9-25)22(29)18-5-6-19(23-14-18)27-17(3)4-7-20(27)28;;/h5-6,12-14,17H,4,7-11H2,1-3H3;2*1H/t17-;;/m0../s1. The molecule has 7 nitrogen and oxygen atoms in total. The number of rotatable bonds is 3. The molecule has 0 N–H and O–H groups in total. The van der Waals surface area contributed by atoms with E-state index < -0.39 is 0 Å². The van der Waals surface area contributed by atoms with Crippen LogP contribution >= 0.6 is 24.8 Å². The molecule has 1 atom stereocenters. The minimum absolute atomic E-state index is 0. The van der Waals surface area contributed by atoms with Crippen molar-refractivity contribution in [1.29, 1.82) is 0 Å². The van der Waals surface area contributed by atoms with Gasteiger partial charge in [-0.1, -0.05) is 6.07 Å². The van der Waals surface area contributed by atoms with Crippen LogP contribution in [0.25, 0.3) is 0 Å². The summed E-state index contributed by atoms with van der Waals surface area (Å²) in [6.07, 6.45) is 4.89. The number of carbonyl (C=O) groups is 2. The van der Waals surface area contributed by atoms with E-state index in [1.54, 1.807) is 23.2 Å². The number of aromatic nitrogens is 2. The summed E-state index contributed by atoms with van der Waals surface area (Å²) in [5.41, 5.74) is 2.88. The van der Waals surface area contributed by atoms with Crippen LogP contribution in [0.5, 0.6) is 0 Å². The van der Waals surface area contributed by atoms with Crippen molar-refractivity contribution in [1.82, 2.24) is 14.9 Å². The Kier molecular flexibility index (Phi) is 8.26. The zero-order valence-electron chi connectivity index (χ0n) is 18.1. The van der Waals surface area contributed by atoms with Gasteiger partial charge in [-0.25, -0.2) is 9.97 Å². The average molecular weight is 466 g/mol. The number of anilines is 2. The number of hydrogen-bond donors (Lipinski definition) is 0. The summed E-state index contributed by atoms with van der Waals surface area (Å²) in [6.45, 7) is 8.96. The summed E-state index contributed by atoms with van der Waals surface area (Å²) in [5.74, 6) is 1.71. The van der Waals surface area contributed by atoms with Crippen LogP contribution in [0.1, 0.15) is 41.3 Å². The largest absolute Gasteiger partial charge is 0.353 e. The zero-order chi connectivity index (χ0) is 20.5. The molecule has 0 bridgehead atoms. The molecule has 2 fully saturated rings. The topological polar surface area (TPSA) is 69.6 Å². The smallest absolute Gasteiger partial charge is 0.255 e. The fourth-order valence-electron chi connectivity index (χ4n) is 4.18. The quantitative estimate of drug-likeness (QED) is 0.694. The predicted octanol–water partition coefficient (Wildman–Crippen LogP) is 3.41. The van der Waals surface area contributed by atoms with Gasteiger partial charge in [0.15, 0.2) is 0 Å². The minimum Gasteiger partial charge on any atom is -0.353 e. The molecule has 2 saturated heterocycles. The lowest BCUT2D eigenvalue weighted by atomic mass is 10.2. The normalized spacial score (nSPS) is 18.5. The highest BCUT2D eigenvalue weighted by molar-refractivity contribution is 5.97. The van der Waals surface area contributed by atoms with Gasteiger partial charge in [0, 0.05) is 51.0 Å². The molecule has 2 aliphatic heterocycles. The van der Waals surface area contributed by atoms with E-state index in [0.29, 0.717) is 30.9 Å². The molecular weight excluding hydrogens is 437 g/mol. The number of amides is 2. The first-order valence-electron chi connectivity index (χ1n) is 10.2. The Morgan fingerprint density at radius 2 is 1.74 bits per heavy atom. The van der Waals surface area contributed by atoms with E-state index >= 15 is 0 Å². The molecule has 9 heteroatoms. The van der Waals surface area contributed by atoms with Gasteiger partial charge in [-0.3, -0.25) is 14.5 Å². The van der Waals surface area contributed by atoms with Crippen LogP contribution in [0.4, 0.5) is 11.6 Å². The third kappa shape index (κ3) is 5.10. The molecule has 2 aromatic heterocycles. The van der Waals surface area contributed by atoms with Gasteiger partial charge in [-0.2, -0.15) is 0 Å². The molecule has 2 amide bonds. The van der Waals surface area contributed by atoms with Gasteiger partial charge in [0.25, 0.3) is 5.91 Å². The highest BCUT2D eigenvalue weighted by atomic mass is 35.5. The first-order chi connectivity index (χ1) is 13.9. The number of hydrogen-bond acceptors (Lipinski definition) is 5. The van der Waals surface area contributed by atoms with Gasteiger partial charge >= 0.3 is 0 Å². The van der Waals surface area contributed by atoms with E-state index in [1.165, 1.54) is 0 Å². The molecule has 0 aliphatic carbocycles. The monoisotopic (exact) mass is 465 g/mol. The summed E-state index contributed by atoms with van der Waals surface area (Å²) in [6, 6.07) is 5.85. The van der Waals surface area contributed by atoms with Crippen LogP contribution < -0.4 is 9.80 Å². The number of nitrogens with zero attached hydrogens (tertiary/aromatic N) is 5. The van der Waals surface area contributed by atoms with E-state index in [2.05, 4.69) is 27.9 Å². The Labute approximate surface area is 195 Å². The Morgan fingerprint density at radius 1 is 1.03 bits per heavy atom. The van der Waals surface area contributed by atoms with Gasteiger partial charge in [-0.15, -0.1) is 24.8 Å². The molecule has 4 rings (SSSR count). The zero-order valence-corrected chi connectivity index (χ0v) is 19.7. The lowest BCUT2D eigenvalue weighted by molar-refractivity contribution is -0.117. The van der Waals surface area contributed by atoms with Crippen molar-refractivity contribution in [3.63, 3.8) is 0 Å². The first-order valence-corrected chi connectivity index (χ1v) is 10.2. The van der Waals surface area contributed by atoms with Gasteiger partial charge < -0.3 is 9.80 Å². The molecule has 2 aliphatic rings. The van der Waals surface area contributed by atoms with Gasteiger partial charge in [0.05, 0.1) is 5.56 Å². The van der Waals surface area contributed by atoms with Crippen molar-refractivity contribution < 1.29 is 9.59 Å². The van der Waals surface area contributed by atoms with E-state index in [9.17, 15) is 9.59 Å². The van der Waals surface area contributed by atoms with Crippen molar-refractivity contribution in [2.45, 2.75) is 39.7 Å². The summed E-state index contributed by atoms with van der Waals surface area (Å²) in [5, 5.41) is 0. The second-order valence-electron chi connectivity index (χ2n) is 7.99. The maximum absolute atomic E-state index is 12.9.